The molecule has 4 aromatic rings. The lowest BCUT2D eigenvalue weighted by Crippen LogP contribution is -2.37. The van der Waals surface area contributed by atoms with Crippen LogP contribution in [0.1, 0.15) is 6.42 Å². The number of aromatic nitrogens is 5. The van der Waals surface area contributed by atoms with Crippen LogP contribution in [0.5, 0.6) is 0 Å². The standard InChI is InChI=1S/C21H21ClN6O2/c22-16-5-2-1-4-15(16)19-18-17(25-21-23-14-24-28(19)21)6-9-27(20(18)29)8-3-7-26-10-12-30-13-11-26/h1-2,4-6,9,14H,3,7-8,10-13H2. The first-order valence-electron chi connectivity index (χ1n) is 10.0. The molecule has 0 unspecified atom stereocenters. The van der Waals surface area contributed by atoms with Crippen LogP contribution in [0.4, 0.5) is 0 Å². The molecule has 0 bridgehead atoms. The third-order valence-corrected chi connectivity index (χ3v) is 5.78. The number of fused-ring (bicyclic) bond motifs is 2. The summed E-state index contributed by atoms with van der Waals surface area (Å²) in [7, 11) is 0. The largest absolute Gasteiger partial charge is 0.379 e. The van der Waals surface area contributed by atoms with Gasteiger partial charge in [-0.15, -0.1) is 0 Å². The first-order valence-corrected chi connectivity index (χ1v) is 10.4. The number of rotatable bonds is 5. The van der Waals surface area contributed by atoms with Gasteiger partial charge < -0.3 is 9.30 Å². The molecule has 1 aliphatic heterocycles. The molecule has 8 nitrogen and oxygen atoms in total. The summed E-state index contributed by atoms with van der Waals surface area (Å²) in [4.78, 5) is 24.6. The zero-order valence-electron chi connectivity index (χ0n) is 16.4. The Morgan fingerprint density at radius 3 is 2.77 bits per heavy atom. The summed E-state index contributed by atoms with van der Waals surface area (Å²) >= 11 is 6.48. The number of benzene rings is 1. The van der Waals surface area contributed by atoms with Crippen molar-refractivity contribution in [3.8, 4) is 11.3 Å². The van der Waals surface area contributed by atoms with Crippen molar-refractivity contribution in [1.29, 1.82) is 0 Å². The van der Waals surface area contributed by atoms with Gasteiger partial charge in [-0.1, -0.05) is 29.8 Å². The van der Waals surface area contributed by atoms with Crippen LogP contribution in [0, 0.1) is 0 Å². The lowest BCUT2D eigenvalue weighted by atomic mass is 10.1. The molecule has 0 aliphatic carbocycles. The number of hydrogen-bond acceptors (Lipinski definition) is 6. The maximum absolute atomic E-state index is 13.5. The number of morpholine rings is 1. The fraction of sp³-hybridized carbons (Fsp3) is 0.333. The molecule has 1 aromatic carbocycles. The van der Waals surface area contributed by atoms with Crippen molar-refractivity contribution in [2.24, 2.45) is 0 Å². The molecule has 1 fully saturated rings. The van der Waals surface area contributed by atoms with Crippen molar-refractivity contribution in [3.05, 3.63) is 58.2 Å². The number of hydrogen-bond donors (Lipinski definition) is 0. The molecule has 154 valence electrons. The van der Waals surface area contributed by atoms with Gasteiger partial charge in [0.2, 0.25) is 0 Å². The Balaban J connectivity index is 1.58. The first-order chi connectivity index (χ1) is 14.7. The number of pyridine rings is 1. The van der Waals surface area contributed by atoms with Crippen molar-refractivity contribution >= 4 is 28.3 Å². The fourth-order valence-electron chi connectivity index (χ4n) is 3.93. The lowest BCUT2D eigenvalue weighted by molar-refractivity contribution is 0.0369. The van der Waals surface area contributed by atoms with Gasteiger partial charge >= 0.3 is 0 Å². The van der Waals surface area contributed by atoms with E-state index in [1.807, 2.05) is 24.3 Å². The summed E-state index contributed by atoms with van der Waals surface area (Å²) in [6.07, 6.45) is 4.12. The Hall–Kier alpha value is -2.81. The molecule has 0 atom stereocenters. The Morgan fingerprint density at radius 1 is 1.10 bits per heavy atom. The van der Waals surface area contributed by atoms with Gasteiger partial charge in [0.05, 0.1) is 29.8 Å². The van der Waals surface area contributed by atoms with Crippen LogP contribution in [0.25, 0.3) is 27.9 Å². The highest BCUT2D eigenvalue weighted by atomic mass is 35.5. The number of ether oxygens (including phenoxy) is 1. The second-order valence-corrected chi connectivity index (χ2v) is 7.70. The van der Waals surface area contributed by atoms with E-state index < -0.39 is 0 Å². The maximum atomic E-state index is 13.5. The van der Waals surface area contributed by atoms with Crippen LogP contribution < -0.4 is 5.56 Å². The molecule has 0 amide bonds. The van der Waals surface area contributed by atoms with Crippen molar-refractivity contribution in [1.82, 2.24) is 29.0 Å². The Bertz CT molecular complexity index is 1260. The average molecular weight is 425 g/mol. The normalized spacial score (nSPS) is 15.2. The first kappa shape index (κ1) is 19.2. The molecule has 5 rings (SSSR count). The average Bonchev–Trinajstić information content (AvgIpc) is 3.24. The van der Waals surface area contributed by atoms with E-state index in [0.29, 0.717) is 33.9 Å². The summed E-state index contributed by atoms with van der Waals surface area (Å²) in [5, 5.41) is 5.34. The van der Waals surface area contributed by atoms with Crippen LogP contribution in [-0.2, 0) is 11.3 Å². The minimum atomic E-state index is -0.103. The lowest BCUT2D eigenvalue weighted by Gasteiger charge is -2.26. The van der Waals surface area contributed by atoms with Crippen molar-refractivity contribution < 1.29 is 4.74 Å². The van der Waals surface area contributed by atoms with Gasteiger partial charge in [0.1, 0.15) is 6.33 Å². The van der Waals surface area contributed by atoms with E-state index in [9.17, 15) is 4.79 Å². The van der Waals surface area contributed by atoms with E-state index in [1.54, 1.807) is 21.3 Å². The quantitative estimate of drug-likeness (QED) is 0.490. The van der Waals surface area contributed by atoms with Gasteiger partial charge in [-0.05, 0) is 18.6 Å². The summed E-state index contributed by atoms with van der Waals surface area (Å²) in [6.45, 7) is 5.00. The molecule has 1 saturated heterocycles. The summed E-state index contributed by atoms with van der Waals surface area (Å²) in [6, 6.07) is 9.29. The number of aryl methyl sites for hydroxylation is 1. The van der Waals surface area contributed by atoms with Crippen LogP contribution in [0.2, 0.25) is 5.02 Å². The second kappa shape index (κ2) is 8.14. The molecule has 0 N–H and O–H groups in total. The van der Waals surface area contributed by atoms with E-state index in [0.717, 1.165) is 44.8 Å². The molecule has 0 saturated carbocycles. The van der Waals surface area contributed by atoms with Gasteiger partial charge in [0, 0.05) is 43.0 Å². The maximum Gasteiger partial charge on any atom is 0.262 e. The summed E-state index contributed by atoms with van der Waals surface area (Å²) in [5.41, 5.74) is 1.82. The minimum absolute atomic E-state index is 0.103. The van der Waals surface area contributed by atoms with Crippen LogP contribution >= 0.6 is 11.6 Å². The zero-order chi connectivity index (χ0) is 20.5. The molecule has 1 aliphatic rings. The van der Waals surface area contributed by atoms with Gasteiger partial charge in [-0.2, -0.15) is 14.6 Å². The second-order valence-electron chi connectivity index (χ2n) is 7.29. The Morgan fingerprint density at radius 2 is 1.93 bits per heavy atom. The fourth-order valence-corrected chi connectivity index (χ4v) is 4.16. The van der Waals surface area contributed by atoms with Crippen LogP contribution in [-0.4, -0.2) is 61.9 Å². The van der Waals surface area contributed by atoms with Gasteiger partial charge in [0.15, 0.2) is 0 Å². The summed E-state index contributed by atoms with van der Waals surface area (Å²) in [5.74, 6) is 0.432. The van der Waals surface area contributed by atoms with Gasteiger partial charge in [-0.3, -0.25) is 9.69 Å². The molecular formula is C21H21ClN6O2. The smallest absolute Gasteiger partial charge is 0.262 e. The number of halogens is 1. The predicted molar refractivity (Wildman–Crippen MR) is 115 cm³/mol. The zero-order valence-corrected chi connectivity index (χ0v) is 17.1. The minimum Gasteiger partial charge on any atom is -0.379 e. The van der Waals surface area contributed by atoms with E-state index in [2.05, 4.69) is 20.0 Å². The van der Waals surface area contributed by atoms with Crippen LogP contribution in [0.3, 0.4) is 0 Å². The monoisotopic (exact) mass is 424 g/mol. The molecular weight excluding hydrogens is 404 g/mol. The Labute approximate surface area is 177 Å². The van der Waals surface area contributed by atoms with Gasteiger partial charge in [0.25, 0.3) is 11.3 Å². The molecule has 9 heteroatoms. The van der Waals surface area contributed by atoms with E-state index in [-0.39, 0.29) is 5.56 Å². The molecule has 0 radical (unpaired) electrons. The topological polar surface area (TPSA) is 77.6 Å². The van der Waals surface area contributed by atoms with Crippen molar-refractivity contribution in [2.45, 2.75) is 13.0 Å². The molecule has 4 heterocycles. The van der Waals surface area contributed by atoms with E-state index in [1.165, 1.54) is 6.33 Å². The van der Waals surface area contributed by atoms with E-state index >= 15 is 0 Å². The third-order valence-electron chi connectivity index (χ3n) is 5.45. The van der Waals surface area contributed by atoms with Crippen LogP contribution in [0.15, 0.2) is 47.7 Å². The highest BCUT2D eigenvalue weighted by molar-refractivity contribution is 6.33. The molecule has 30 heavy (non-hydrogen) atoms. The highest BCUT2D eigenvalue weighted by Gasteiger charge is 2.19. The Kier molecular flexibility index (Phi) is 5.20. The predicted octanol–water partition coefficient (Wildman–Crippen LogP) is 2.48. The van der Waals surface area contributed by atoms with Crippen molar-refractivity contribution in [3.63, 3.8) is 0 Å². The van der Waals surface area contributed by atoms with Gasteiger partial charge in [-0.25, -0.2) is 4.98 Å². The third kappa shape index (κ3) is 3.47. The SMILES string of the molecule is O=c1c2c(-c3ccccc3Cl)n3ncnc3nc2ccn1CCCN1CCOCC1. The highest BCUT2D eigenvalue weighted by Crippen LogP contribution is 2.31. The number of nitrogens with zero attached hydrogens (tertiary/aromatic N) is 6. The molecule has 3 aromatic heterocycles. The summed E-state index contributed by atoms with van der Waals surface area (Å²) < 4.78 is 8.73. The molecule has 0 spiro atoms. The van der Waals surface area contributed by atoms with Crippen molar-refractivity contribution in [2.75, 3.05) is 32.8 Å². The van der Waals surface area contributed by atoms with E-state index in [4.69, 9.17) is 16.3 Å².